The number of carbonyl (C=O) groups excluding carboxylic acids is 1. The van der Waals surface area contributed by atoms with E-state index in [1.165, 1.54) is 0 Å². The van der Waals surface area contributed by atoms with Crippen molar-refractivity contribution in [3.05, 3.63) is 82.5 Å². The van der Waals surface area contributed by atoms with E-state index in [1.54, 1.807) is 35.6 Å². The van der Waals surface area contributed by atoms with Crippen molar-refractivity contribution in [2.45, 2.75) is 6.10 Å². The number of aliphatic hydroxyl groups is 1. The molecular weight excluding hydrogens is 426 g/mol. The minimum absolute atomic E-state index is 0.0467. The van der Waals surface area contributed by atoms with Crippen molar-refractivity contribution in [2.24, 2.45) is 0 Å². The number of esters is 1. The van der Waals surface area contributed by atoms with Crippen LogP contribution < -0.4 is 15.1 Å². The molecule has 0 spiro atoms. The van der Waals surface area contributed by atoms with Gasteiger partial charge in [-0.2, -0.15) is 0 Å². The molecule has 6 nitrogen and oxygen atoms in total. The molecule has 1 heterocycles. The van der Waals surface area contributed by atoms with Crippen molar-refractivity contribution in [1.82, 2.24) is 0 Å². The fourth-order valence-corrected chi connectivity index (χ4v) is 4.32. The number of aliphatic hydroxyl groups excluding tert-OH is 1. The molecule has 0 bridgehead atoms. The fraction of sp³-hybridized carbons (Fsp3) is 0.200. The highest BCUT2D eigenvalue weighted by molar-refractivity contribution is 7.24. The first-order chi connectivity index (χ1) is 15.4. The van der Waals surface area contributed by atoms with Gasteiger partial charge in [-0.15, -0.1) is 11.3 Å². The number of carbonyl (C=O) groups is 1. The van der Waals surface area contributed by atoms with Crippen molar-refractivity contribution >= 4 is 43.2 Å². The molecule has 0 radical (unpaired) electrons. The van der Waals surface area contributed by atoms with Crippen molar-refractivity contribution in [3.8, 4) is 5.75 Å². The highest BCUT2D eigenvalue weighted by Crippen LogP contribution is 2.27. The lowest BCUT2D eigenvalue weighted by Gasteiger charge is -2.14. The average Bonchev–Trinajstić information content (AvgIpc) is 2.81. The SMILES string of the molecule is CN(C)c1ccc(C(=O)OCC(O)COc2ccc3sc4ccccc4c(=O)c3c2)cc1. The lowest BCUT2D eigenvalue weighted by molar-refractivity contribution is 0.0130. The van der Waals surface area contributed by atoms with Crippen LogP contribution in [0.1, 0.15) is 10.4 Å². The van der Waals surface area contributed by atoms with E-state index in [1.807, 2.05) is 61.5 Å². The molecule has 1 unspecified atom stereocenters. The Bertz CT molecular complexity index is 1310. The Balaban J connectivity index is 1.36. The van der Waals surface area contributed by atoms with E-state index in [0.29, 0.717) is 22.1 Å². The molecule has 1 atom stereocenters. The third-order valence-corrected chi connectivity index (χ3v) is 6.17. The molecule has 4 aromatic rings. The molecule has 3 aromatic carbocycles. The van der Waals surface area contributed by atoms with Crippen LogP contribution in [-0.2, 0) is 4.74 Å². The third-order valence-electron chi connectivity index (χ3n) is 5.02. The summed E-state index contributed by atoms with van der Waals surface area (Å²) < 4.78 is 12.6. The van der Waals surface area contributed by atoms with Crippen LogP contribution in [-0.4, -0.2) is 44.5 Å². The van der Waals surface area contributed by atoms with Gasteiger partial charge in [0.05, 0.1) is 5.56 Å². The van der Waals surface area contributed by atoms with E-state index in [2.05, 4.69) is 0 Å². The summed E-state index contributed by atoms with van der Waals surface area (Å²) in [5, 5.41) is 11.4. The standard InChI is InChI=1S/C25H23NO5S/c1-26(2)17-9-7-16(8-10-17)25(29)31-15-18(27)14-30-19-11-12-23-21(13-19)24(28)20-5-3-4-6-22(20)32-23/h3-13,18,27H,14-15H2,1-2H3. The highest BCUT2D eigenvalue weighted by Gasteiger charge is 2.13. The van der Waals surface area contributed by atoms with Crippen molar-refractivity contribution < 1.29 is 19.4 Å². The molecule has 0 aliphatic rings. The summed E-state index contributed by atoms with van der Waals surface area (Å²) in [7, 11) is 3.83. The van der Waals surface area contributed by atoms with Gasteiger partial charge < -0.3 is 19.5 Å². The number of benzene rings is 3. The maximum atomic E-state index is 12.8. The van der Waals surface area contributed by atoms with Gasteiger partial charge in [-0.3, -0.25) is 4.79 Å². The fourth-order valence-electron chi connectivity index (χ4n) is 3.26. The molecule has 0 saturated heterocycles. The molecule has 7 heteroatoms. The number of anilines is 1. The summed E-state index contributed by atoms with van der Waals surface area (Å²) in [6, 6.07) is 19.8. The van der Waals surface area contributed by atoms with E-state index >= 15 is 0 Å². The van der Waals surface area contributed by atoms with Crippen molar-refractivity contribution in [2.75, 3.05) is 32.2 Å². The van der Waals surface area contributed by atoms with E-state index < -0.39 is 12.1 Å². The van der Waals surface area contributed by atoms with Gasteiger partial charge in [0.15, 0.2) is 5.43 Å². The van der Waals surface area contributed by atoms with E-state index in [4.69, 9.17) is 9.47 Å². The number of hydrogen-bond acceptors (Lipinski definition) is 7. The van der Waals surface area contributed by atoms with Crippen LogP contribution in [0.3, 0.4) is 0 Å². The summed E-state index contributed by atoms with van der Waals surface area (Å²) in [5.41, 5.74) is 1.34. The molecule has 164 valence electrons. The predicted molar refractivity (Wildman–Crippen MR) is 128 cm³/mol. The monoisotopic (exact) mass is 449 g/mol. The Kier molecular flexibility index (Phi) is 6.39. The molecule has 32 heavy (non-hydrogen) atoms. The summed E-state index contributed by atoms with van der Waals surface area (Å²) >= 11 is 1.54. The Morgan fingerprint density at radius 2 is 1.69 bits per heavy atom. The maximum absolute atomic E-state index is 12.8. The lowest BCUT2D eigenvalue weighted by Crippen LogP contribution is -2.25. The number of rotatable bonds is 7. The number of ether oxygens (including phenoxy) is 2. The molecule has 1 N–H and O–H groups in total. The zero-order valence-corrected chi connectivity index (χ0v) is 18.6. The van der Waals surface area contributed by atoms with Crippen LogP contribution in [0.5, 0.6) is 5.75 Å². The summed E-state index contributed by atoms with van der Waals surface area (Å²) in [6.45, 7) is -0.259. The van der Waals surface area contributed by atoms with Gasteiger partial charge in [-0.05, 0) is 54.6 Å². The van der Waals surface area contributed by atoms with Crippen LogP contribution in [0.15, 0.2) is 71.5 Å². The molecule has 1 aromatic heterocycles. The second kappa shape index (κ2) is 9.38. The van der Waals surface area contributed by atoms with Crippen molar-refractivity contribution in [1.29, 1.82) is 0 Å². The number of nitrogens with zero attached hydrogens (tertiary/aromatic N) is 1. The highest BCUT2D eigenvalue weighted by atomic mass is 32.1. The Hall–Kier alpha value is -3.42. The van der Waals surface area contributed by atoms with Crippen LogP contribution in [0, 0.1) is 0 Å². The molecule has 0 fully saturated rings. The molecule has 0 aliphatic heterocycles. The first-order valence-electron chi connectivity index (χ1n) is 10.1. The van der Waals surface area contributed by atoms with Crippen LogP contribution in [0.25, 0.3) is 20.2 Å². The third kappa shape index (κ3) is 4.74. The van der Waals surface area contributed by atoms with Crippen LogP contribution in [0.2, 0.25) is 0 Å². The average molecular weight is 450 g/mol. The summed E-state index contributed by atoms with van der Waals surface area (Å²) in [4.78, 5) is 26.9. The van der Waals surface area contributed by atoms with E-state index in [-0.39, 0.29) is 18.6 Å². The van der Waals surface area contributed by atoms with E-state index in [9.17, 15) is 14.7 Å². The van der Waals surface area contributed by atoms with Gasteiger partial charge >= 0.3 is 5.97 Å². The topological polar surface area (TPSA) is 76.1 Å². The number of hydrogen-bond donors (Lipinski definition) is 1. The molecular formula is C25H23NO5S. The Morgan fingerprint density at radius 3 is 2.44 bits per heavy atom. The van der Waals surface area contributed by atoms with Crippen molar-refractivity contribution in [3.63, 3.8) is 0 Å². The predicted octanol–water partition coefficient (Wildman–Crippen LogP) is 4.08. The Labute approximate surface area is 189 Å². The molecule has 0 saturated carbocycles. The second-order valence-electron chi connectivity index (χ2n) is 7.59. The summed E-state index contributed by atoms with van der Waals surface area (Å²) in [6.07, 6.45) is -0.998. The van der Waals surface area contributed by atoms with Gasteiger partial charge in [-0.1, -0.05) is 12.1 Å². The maximum Gasteiger partial charge on any atom is 0.338 e. The first kappa shape index (κ1) is 21.8. The van der Waals surface area contributed by atoms with Gasteiger partial charge in [-0.25, -0.2) is 4.79 Å². The minimum atomic E-state index is -0.998. The number of fused-ring (bicyclic) bond motifs is 2. The van der Waals surface area contributed by atoms with E-state index in [0.717, 1.165) is 15.1 Å². The first-order valence-corrected chi connectivity index (χ1v) is 10.9. The quantitative estimate of drug-likeness (QED) is 0.339. The Morgan fingerprint density at radius 1 is 0.969 bits per heavy atom. The normalized spacial score (nSPS) is 12.0. The molecule has 0 aliphatic carbocycles. The zero-order chi connectivity index (χ0) is 22.7. The smallest absolute Gasteiger partial charge is 0.338 e. The second-order valence-corrected chi connectivity index (χ2v) is 8.67. The van der Waals surface area contributed by atoms with Gasteiger partial charge in [0, 0.05) is 40.0 Å². The zero-order valence-electron chi connectivity index (χ0n) is 17.8. The van der Waals surface area contributed by atoms with Gasteiger partial charge in [0.2, 0.25) is 0 Å². The van der Waals surface area contributed by atoms with Crippen LogP contribution in [0.4, 0.5) is 5.69 Å². The van der Waals surface area contributed by atoms with Gasteiger partial charge in [0.25, 0.3) is 0 Å². The minimum Gasteiger partial charge on any atom is -0.491 e. The largest absolute Gasteiger partial charge is 0.491 e. The van der Waals surface area contributed by atoms with Crippen LogP contribution >= 0.6 is 11.3 Å². The summed E-state index contributed by atoms with van der Waals surface area (Å²) in [5.74, 6) is -0.0360. The molecule has 0 amide bonds. The lowest BCUT2D eigenvalue weighted by atomic mass is 10.2. The molecule has 4 rings (SSSR count). The van der Waals surface area contributed by atoms with Gasteiger partial charge in [0.1, 0.15) is 25.1 Å².